The maximum absolute atomic E-state index is 12.3. The van der Waals surface area contributed by atoms with E-state index in [1.54, 1.807) is 45.2 Å². The van der Waals surface area contributed by atoms with Crippen molar-refractivity contribution in [2.75, 3.05) is 40.7 Å². The highest BCUT2D eigenvalue weighted by molar-refractivity contribution is 7.99. The summed E-state index contributed by atoms with van der Waals surface area (Å²) in [6.45, 7) is -0.107. The van der Waals surface area contributed by atoms with Crippen LogP contribution in [0, 0.1) is 0 Å². The van der Waals surface area contributed by atoms with E-state index in [0.717, 1.165) is 5.56 Å². The van der Waals surface area contributed by atoms with Gasteiger partial charge in [-0.15, -0.1) is 11.8 Å². The molecule has 1 unspecified atom stereocenters. The summed E-state index contributed by atoms with van der Waals surface area (Å²) in [7, 11) is 5.93. The van der Waals surface area contributed by atoms with Crippen molar-refractivity contribution in [3.8, 4) is 17.2 Å². The second-order valence-corrected chi connectivity index (χ2v) is 6.21. The number of nitrogens with zero attached hydrogens (tertiary/aromatic N) is 1. The predicted molar refractivity (Wildman–Crippen MR) is 89.6 cm³/mol. The first-order valence-corrected chi connectivity index (χ1v) is 8.38. The van der Waals surface area contributed by atoms with Gasteiger partial charge in [-0.25, -0.2) is 0 Å². The van der Waals surface area contributed by atoms with E-state index >= 15 is 0 Å². The van der Waals surface area contributed by atoms with E-state index < -0.39 is 5.97 Å². The standard InChI is InChI=1S/C16H21NO6S/c1-20-11-8-13(22-3)12(21-2)7-10(11)16-17(9-15(19)23-4)14(18)5-6-24-16/h7-8,16H,5-6,9H2,1-4H3. The summed E-state index contributed by atoms with van der Waals surface area (Å²) in [5.74, 6) is 1.74. The Bertz CT molecular complexity index is 621. The molecule has 2 rings (SSSR count). The second kappa shape index (κ2) is 8.14. The van der Waals surface area contributed by atoms with Crippen molar-refractivity contribution in [2.45, 2.75) is 11.8 Å². The number of rotatable bonds is 6. The summed E-state index contributed by atoms with van der Waals surface area (Å²) >= 11 is 1.56. The van der Waals surface area contributed by atoms with Gasteiger partial charge >= 0.3 is 5.97 Å². The fraction of sp³-hybridized carbons (Fsp3) is 0.500. The van der Waals surface area contributed by atoms with Gasteiger partial charge < -0.3 is 23.8 Å². The van der Waals surface area contributed by atoms with Gasteiger partial charge in [0.15, 0.2) is 11.5 Å². The molecule has 1 fully saturated rings. The van der Waals surface area contributed by atoms with Crippen LogP contribution in [0.3, 0.4) is 0 Å². The molecule has 0 N–H and O–H groups in total. The number of ether oxygens (including phenoxy) is 4. The fourth-order valence-corrected chi connectivity index (χ4v) is 3.75. The molecule has 1 aliphatic heterocycles. The van der Waals surface area contributed by atoms with E-state index in [1.807, 2.05) is 0 Å². The minimum atomic E-state index is -0.463. The Labute approximate surface area is 145 Å². The molecule has 1 aromatic carbocycles. The minimum Gasteiger partial charge on any atom is -0.496 e. The lowest BCUT2D eigenvalue weighted by Crippen LogP contribution is -2.41. The van der Waals surface area contributed by atoms with Crippen molar-refractivity contribution in [3.63, 3.8) is 0 Å². The SMILES string of the molecule is COC(=O)CN1C(=O)CCSC1c1cc(OC)c(OC)cc1OC. The molecule has 1 aromatic rings. The van der Waals surface area contributed by atoms with Gasteiger partial charge in [0, 0.05) is 23.8 Å². The van der Waals surface area contributed by atoms with Gasteiger partial charge in [-0.05, 0) is 6.07 Å². The lowest BCUT2D eigenvalue weighted by molar-refractivity contribution is -0.147. The van der Waals surface area contributed by atoms with Gasteiger partial charge in [0.2, 0.25) is 5.91 Å². The molecule has 1 saturated heterocycles. The van der Waals surface area contributed by atoms with E-state index in [-0.39, 0.29) is 17.8 Å². The molecule has 1 atom stereocenters. The molecule has 0 radical (unpaired) electrons. The maximum atomic E-state index is 12.3. The van der Waals surface area contributed by atoms with Crippen LogP contribution in [0.5, 0.6) is 17.2 Å². The van der Waals surface area contributed by atoms with Crippen LogP contribution in [0.15, 0.2) is 12.1 Å². The highest BCUT2D eigenvalue weighted by Crippen LogP contribution is 2.45. The molecular weight excluding hydrogens is 334 g/mol. The summed E-state index contributed by atoms with van der Waals surface area (Å²) in [6.07, 6.45) is 0.383. The van der Waals surface area contributed by atoms with E-state index in [9.17, 15) is 9.59 Å². The van der Waals surface area contributed by atoms with Gasteiger partial charge in [0.05, 0.1) is 28.4 Å². The van der Waals surface area contributed by atoms with Gasteiger partial charge in [-0.3, -0.25) is 9.59 Å². The Morgan fingerprint density at radius 1 is 1.12 bits per heavy atom. The Morgan fingerprint density at radius 3 is 2.33 bits per heavy atom. The number of methoxy groups -OCH3 is 4. The molecule has 0 bridgehead atoms. The molecule has 132 valence electrons. The average Bonchev–Trinajstić information content (AvgIpc) is 2.61. The first-order chi connectivity index (χ1) is 11.5. The first kappa shape index (κ1) is 18.3. The largest absolute Gasteiger partial charge is 0.496 e. The van der Waals surface area contributed by atoms with Gasteiger partial charge in [0.25, 0.3) is 0 Å². The number of carbonyl (C=O) groups is 2. The van der Waals surface area contributed by atoms with Crippen molar-refractivity contribution in [1.29, 1.82) is 0 Å². The first-order valence-electron chi connectivity index (χ1n) is 7.33. The Kier molecular flexibility index (Phi) is 6.19. The Balaban J connectivity index is 2.45. The average molecular weight is 355 g/mol. The molecule has 1 heterocycles. The van der Waals surface area contributed by atoms with Crippen LogP contribution in [0.4, 0.5) is 0 Å². The zero-order valence-corrected chi connectivity index (χ0v) is 15.0. The van der Waals surface area contributed by atoms with Crippen LogP contribution in [-0.2, 0) is 14.3 Å². The van der Waals surface area contributed by atoms with E-state index in [1.165, 1.54) is 12.0 Å². The van der Waals surface area contributed by atoms with Crippen molar-refractivity contribution >= 4 is 23.6 Å². The summed E-state index contributed by atoms with van der Waals surface area (Å²) < 4.78 is 20.8. The van der Waals surface area contributed by atoms with Gasteiger partial charge in [0.1, 0.15) is 17.7 Å². The monoisotopic (exact) mass is 355 g/mol. The number of hydrogen-bond acceptors (Lipinski definition) is 7. The zero-order chi connectivity index (χ0) is 17.7. The Hall–Kier alpha value is -2.09. The summed E-state index contributed by atoms with van der Waals surface area (Å²) in [6, 6.07) is 3.49. The number of carbonyl (C=O) groups excluding carboxylic acids is 2. The third kappa shape index (κ3) is 3.69. The molecule has 0 aliphatic carbocycles. The predicted octanol–water partition coefficient (Wildman–Crippen LogP) is 1.85. The molecule has 0 saturated carbocycles. The summed E-state index contributed by atoms with van der Waals surface area (Å²) in [4.78, 5) is 25.5. The normalized spacial score (nSPS) is 17.4. The molecule has 8 heteroatoms. The molecule has 24 heavy (non-hydrogen) atoms. The van der Waals surface area contributed by atoms with Crippen molar-refractivity contribution in [3.05, 3.63) is 17.7 Å². The third-order valence-electron chi connectivity index (χ3n) is 3.72. The second-order valence-electron chi connectivity index (χ2n) is 5.02. The quantitative estimate of drug-likeness (QED) is 0.721. The van der Waals surface area contributed by atoms with Crippen LogP contribution < -0.4 is 14.2 Å². The number of amides is 1. The fourth-order valence-electron chi connectivity index (χ4n) is 2.50. The molecule has 0 aromatic heterocycles. The molecular formula is C16H21NO6S. The lowest BCUT2D eigenvalue weighted by atomic mass is 10.1. The third-order valence-corrected chi connectivity index (χ3v) is 4.99. The number of hydrogen-bond donors (Lipinski definition) is 0. The van der Waals surface area contributed by atoms with Crippen LogP contribution in [0.1, 0.15) is 17.4 Å². The Morgan fingerprint density at radius 2 is 1.75 bits per heavy atom. The maximum Gasteiger partial charge on any atom is 0.325 e. The lowest BCUT2D eigenvalue weighted by Gasteiger charge is -2.35. The number of thioether (sulfide) groups is 1. The van der Waals surface area contributed by atoms with Crippen molar-refractivity contribution < 1.29 is 28.5 Å². The van der Waals surface area contributed by atoms with E-state index in [2.05, 4.69) is 0 Å². The van der Waals surface area contributed by atoms with Crippen LogP contribution in [-0.4, -0.2) is 57.5 Å². The van der Waals surface area contributed by atoms with Crippen LogP contribution >= 0.6 is 11.8 Å². The molecule has 0 spiro atoms. The number of benzene rings is 1. The number of esters is 1. The smallest absolute Gasteiger partial charge is 0.325 e. The van der Waals surface area contributed by atoms with Gasteiger partial charge in [-0.2, -0.15) is 0 Å². The van der Waals surface area contributed by atoms with Crippen molar-refractivity contribution in [2.24, 2.45) is 0 Å². The van der Waals surface area contributed by atoms with Crippen LogP contribution in [0.2, 0.25) is 0 Å². The molecule has 7 nitrogen and oxygen atoms in total. The van der Waals surface area contributed by atoms with Crippen LogP contribution in [0.25, 0.3) is 0 Å². The van der Waals surface area contributed by atoms with E-state index in [4.69, 9.17) is 18.9 Å². The van der Waals surface area contributed by atoms with Gasteiger partial charge in [-0.1, -0.05) is 0 Å². The highest BCUT2D eigenvalue weighted by Gasteiger charge is 2.34. The van der Waals surface area contributed by atoms with Crippen molar-refractivity contribution in [1.82, 2.24) is 4.90 Å². The summed E-state index contributed by atoms with van der Waals surface area (Å²) in [5.41, 5.74) is 0.747. The van der Waals surface area contributed by atoms with E-state index in [0.29, 0.717) is 29.4 Å². The summed E-state index contributed by atoms with van der Waals surface area (Å²) in [5, 5.41) is -0.361. The topological polar surface area (TPSA) is 74.3 Å². The molecule has 1 amide bonds. The zero-order valence-electron chi connectivity index (χ0n) is 14.2. The molecule has 1 aliphatic rings. The highest BCUT2D eigenvalue weighted by atomic mass is 32.2. The minimum absolute atomic E-state index is 0.0963.